The number of non-ortho nitro benzene ring substituents is 1. The number of sulfonamides is 1. The van der Waals surface area contributed by atoms with Gasteiger partial charge >= 0.3 is 0 Å². The lowest BCUT2D eigenvalue weighted by atomic mass is 10.0. The molecule has 1 aromatic carbocycles. The van der Waals surface area contributed by atoms with Gasteiger partial charge in [-0.2, -0.15) is 4.31 Å². The van der Waals surface area contributed by atoms with E-state index in [0.29, 0.717) is 6.54 Å². The molecule has 27 heavy (non-hydrogen) atoms. The summed E-state index contributed by atoms with van der Waals surface area (Å²) in [5, 5.41) is 14.1. The van der Waals surface area contributed by atoms with Crippen LogP contribution in [-0.4, -0.2) is 67.7 Å². The van der Waals surface area contributed by atoms with Gasteiger partial charge in [-0.1, -0.05) is 13.0 Å². The van der Waals surface area contributed by atoms with Crippen molar-refractivity contribution in [1.82, 2.24) is 14.5 Å². The zero-order valence-corrected chi connectivity index (χ0v) is 16.4. The lowest BCUT2D eigenvalue weighted by molar-refractivity contribution is -0.385. The highest BCUT2D eigenvalue weighted by Gasteiger charge is 2.29. The predicted molar refractivity (Wildman–Crippen MR) is 101 cm³/mol. The van der Waals surface area contributed by atoms with Crippen molar-refractivity contribution in [3.8, 4) is 0 Å². The van der Waals surface area contributed by atoms with E-state index in [1.54, 1.807) is 4.90 Å². The van der Waals surface area contributed by atoms with Gasteiger partial charge in [0.2, 0.25) is 15.9 Å². The van der Waals surface area contributed by atoms with Crippen LogP contribution in [0.2, 0.25) is 0 Å². The first-order valence-corrected chi connectivity index (χ1v) is 10.4. The van der Waals surface area contributed by atoms with E-state index in [2.05, 4.69) is 5.32 Å². The van der Waals surface area contributed by atoms with Crippen LogP contribution < -0.4 is 5.32 Å². The van der Waals surface area contributed by atoms with E-state index in [9.17, 15) is 23.3 Å². The molecule has 0 radical (unpaired) electrons. The fraction of sp³-hybridized carbons (Fsp3) is 0.588. The molecule has 0 spiro atoms. The Morgan fingerprint density at radius 3 is 2.59 bits per heavy atom. The Morgan fingerprint density at radius 2 is 2.00 bits per heavy atom. The highest BCUT2D eigenvalue weighted by Crippen LogP contribution is 2.21. The van der Waals surface area contributed by atoms with Crippen LogP contribution in [0.15, 0.2) is 29.2 Å². The lowest BCUT2D eigenvalue weighted by Gasteiger charge is -2.35. The minimum atomic E-state index is -4.00. The van der Waals surface area contributed by atoms with Crippen LogP contribution in [0.3, 0.4) is 0 Å². The first kappa shape index (κ1) is 21.3. The zero-order valence-electron chi connectivity index (χ0n) is 15.6. The molecule has 1 aliphatic rings. The van der Waals surface area contributed by atoms with Crippen LogP contribution in [0.5, 0.6) is 0 Å². The quantitative estimate of drug-likeness (QED) is 0.520. The number of nitro groups is 1. The van der Waals surface area contributed by atoms with E-state index in [1.807, 2.05) is 6.92 Å². The summed E-state index contributed by atoms with van der Waals surface area (Å²) >= 11 is 0. The summed E-state index contributed by atoms with van der Waals surface area (Å²) in [6, 6.07) is 4.95. The van der Waals surface area contributed by atoms with Crippen LogP contribution in [0, 0.1) is 10.1 Å². The van der Waals surface area contributed by atoms with Gasteiger partial charge in [-0.05, 0) is 38.4 Å². The largest absolute Gasteiger partial charge is 0.338 e. The topological polar surface area (TPSA) is 113 Å². The summed E-state index contributed by atoms with van der Waals surface area (Å²) in [6.07, 6.45) is 2.47. The number of carbonyl (C=O) groups excluding carboxylic acids is 1. The molecule has 1 amide bonds. The Morgan fingerprint density at radius 1 is 1.33 bits per heavy atom. The van der Waals surface area contributed by atoms with Gasteiger partial charge in [0.15, 0.2) is 0 Å². The Balaban J connectivity index is 2.15. The fourth-order valence-corrected chi connectivity index (χ4v) is 4.33. The van der Waals surface area contributed by atoms with Crippen molar-refractivity contribution in [2.24, 2.45) is 0 Å². The highest BCUT2D eigenvalue weighted by atomic mass is 32.2. The maximum absolute atomic E-state index is 12.8. The second-order valence-corrected chi connectivity index (χ2v) is 8.63. The molecule has 1 aromatic rings. The maximum atomic E-state index is 12.8. The van der Waals surface area contributed by atoms with Crippen molar-refractivity contribution >= 4 is 21.6 Å². The van der Waals surface area contributed by atoms with E-state index in [-0.39, 0.29) is 29.1 Å². The molecule has 0 saturated carbocycles. The molecule has 0 bridgehead atoms. The van der Waals surface area contributed by atoms with E-state index in [1.165, 1.54) is 25.2 Å². The Bertz CT molecular complexity index is 777. The van der Waals surface area contributed by atoms with Gasteiger partial charge in [-0.15, -0.1) is 0 Å². The number of nitrogens with one attached hydrogen (secondary N) is 1. The van der Waals surface area contributed by atoms with Crippen molar-refractivity contribution in [3.05, 3.63) is 34.4 Å². The van der Waals surface area contributed by atoms with Crippen LogP contribution >= 0.6 is 0 Å². The highest BCUT2D eigenvalue weighted by molar-refractivity contribution is 7.89. The average molecular weight is 398 g/mol. The van der Waals surface area contributed by atoms with Gasteiger partial charge in [-0.3, -0.25) is 14.9 Å². The van der Waals surface area contributed by atoms with Gasteiger partial charge in [0.25, 0.3) is 5.69 Å². The molecule has 0 unspecified atom stereocenters. The maximum Gasteiger partial charge on any atom is 0.270 e. The smallest absolute Gasteiger partial charge is 0.270 e. The van der Waals surface area contributed by atoms with E-state index in [0.717, 1.165) is 42.7 Å². The van der Waals surface area contributed by atoms with Gasteiger partial charge in [0, 0.05) is 31.8 Å². The van der Waals surface area contributed by atoms with Crippen molar-refractivity contribution in [1.29, 1.82) is 0 Å². The minimum absolute atomic E-state index is 0.104. The molecule has 0 aliphatic carbocycles. The number of carbonyl (C=O) groups is 1. The van der Waals surface area contributed by atoms with E-state index in [4.69, 9.17) is 0 Å². The fourth-order valence-electron chi connectivity index (χ4n) is 3.17. The second kappa shape index (κ2) is 9.25. The molecule has 10 heteroatoms. The van der Waals surface area contributed by atoms with Crippen molar-refractivity contribution in [2.75, 3.05) is 33.2 Å². The molecule has 1 heterocycles. The van der Waals surface area contributed by atoms with E-state index < -0.39 is 14.9 Å². The van der Waals surface area contributed by atoms with Gasteiger partial charge in [0.05, 0.1) is 16.4 Å². The summed E-state index contributed by atoms with van der Waals surface area (Å²) in [5.74, 6) is -0.250. The number of nitrogens with zero attached hydrogens (tertiary/aromatic N) is 3. The average Bonchev–Trinajstić information content (AvgIpc) is 2.66. The molecular weight excluding hydrogens is 372 g/mol. The van der Waals surface area contributed by atoms with Crippen LogP contribution in [0.4, 0.5) is 5.69 Å². The molecule has 1 N–H and O–H groups in total. The number of rotatable bonds is 8. The number of likely N-dealkylation sites (N-methyl/N-ethyl adjacent to an activating group) is 1. The summed E-state index contributed by atoms with van der Waals surface area (Å²) < 4.78 is 26.4. The first-order chi connectivity index (χ1) is 12.8. The van der Waals surface area contributed by atoms with Crippen LogP contribution in [0.1, 0.15) is 26.2 Å². The number of nitro benzene ring substituents is 1. The Labute approximate surface area is 159 Å². The minimum Gasteiger partial charge on any atom is -0.338 e. The molecule has 2 rings (SSSR count). The Kier molecular flexibility index (Phi) is 7.28. The standard InChI is InChI=1S/C17H26N4O5S/c1-3-11-20(14-7-9-18-10-8-14)17(22)13-19(2)27(25,26)16-6-4-5-15(12-16)21(23)24/h4-6,12,14,18H,3,7-11,13H2,1-2H3. The van der Waals surface area contributed by atoms with Crippen molar-refractivity contribution in [2.45, 2.75) is 37.1 Å². The third kappa shape index (κ3) is 5.24. The number of piperidine rings is 1. The van der Waals surface area contributed by atoms with Crippen LogP contribution in [0.25, 0.3) is 0 Å². The SMILES string of the molecule is CCCN(C(=O)CN(C)S(=O)(=O)c1cccc([N+](=O)[O-])c1)C1CCNCC1. The van der Waals surface area contributed by atoms with Gasteiger partial charge < -0.3 is 10.2 Å². The molecule has 9 nitrogen and oxygen atoms in total. The van der Waals surface area contributed by atoms with E-state index >= 15 is 0 Å². The van der Waals surface area contributed by atoms with Crippen LogP contribution in [-0.2, 0) is 14.8 Å². The lowest BCUT2D eigenvalue weighted by Crippen LogP contribution is -2.49. The summed E-state index contributed by atoms with van der Waals surface area (Å²) in [7, 11) is -2.68. The number of hydrogen-bond donors (Lipinski definition) is 1. The molecule has 1 aliphatic heterocycles. The van der Waals surface area contributed by atoms with Crippen molar-refractivity contribution < 1.29 is 18.1 Å². The van der Waals surface area contributed by atoms with Crippen molar-refractivity contribution in [3.63, 3.8) is 0 Å². The number of benzene rings is 1. The zero-order chi connectivity index (χ0) is 20.0. The normalized spacial score (nSPS) is 15.7. The molecule has 0 aromatic heterocycles. The molecule has 0 atom stereocenters. The van der Waals surface area contributed by atoms with Gasteiger partial charge in [-0.25, -0.2) is 8.42 Å². The molecule has 1 fully saturated rings. The molecular formula is C17H26N4O5S. The third-order valence-electron chi connectivity index (χ3n) is 4.63. The van der Waals surface area contributed by atoms with Gasteiger partial charge in [0.1, 0.15) is 0 Å². The first-order valence-electron chi connectivity index (χ1n) is 8.98. The summed E-state index contributed by atoms with van der Waals surface area (Å²) in [5.41, 5.74) is -0.307. The summed E-state index contributed by atoms with van der Waals surface area (Å²) in [4.78, 5) is 24.6. The predicted octanol–water partition coefficient (Wildman–Crippen LogP) is 1.21. The monoisotopic (exact) mass is 398 g/mol. The number of hydrogen-bond acceptors (Lipinski definition) is 6. The second-order valence-electron chi connectivity index (χ2n) is 6.58. The molecule has 1 saturated heterocycles. The third-order valence-corrected chi connectivity index (χ3v) is 6.43. The number of amides is 1. The summed E-state index contributed by atoms with van der Waals surface area (Å²) in [6.45, 7) is 3.92. The Hall–Kier alpha value is -2.04. The molecule has 150 valence electrons.